The van der Waals surface area contributed by atoms with Crippen molar-refractivity contribution in [3.8, 4) is 11.4 Å². The number of benzene rings is 3. The topological polar surface area (TPSA) is 34.6 Å². The van der Waals surface area contributed by atoms with Crippen molar-refractivity contribution in [2.75, 3.05) is 7.05 Å². The quantitative estimate of drug-likeness (QED) is 0.231. The van der Waals surface area contributed by atoms with Crippen molar-refractivity contribution in [1.82, 2.24) is 8.52 Å². The molecule has 0 aliphatic heterocycles. The van der Waals surface area contributed by atoms with Crippen LogP contribution in [0.4, 0.5) is 0 Å². The SMILES string of the molecule is CN=C(N=c1sn(-c2ccccc2)c(=S)n1-c1ccc(Cl)cc1)c1ccccc1. The minimum atomic E-state index is 0.630. The molecule has 3 aromatic carbocycles. The number of halogens is 1. The first kappa shape index (κ1) is 19.5. The van der Waals surface area contributed by atoms with Gasteiger partial charge in [-0.25, -0.2) is 3.96 Å². The Bertz CT molecular complexity index is 1270. The van der Waals surface area contributed by atoms with Crippen LogP contribution in [0.3, 0.4) is 0 Å². The van der Waals surface area contributed by atoms with Gasteiger partial charge in [-0.1, -0.05) is 60.1 Å². The van der Waals surface area contributed by atoms with Gasteiger partial charge in [0.15, 0.2) is 5.84 Å². The summed E-state index contributed by atoms with van der Waals surface area (Å²) in [4.78, 5) is 9.98. The zero-order valence-electron chi connectivity index (χ0n) is 15.6. The van der Waals surface area contributed by atoms with Crippen LogP contribution in [0.1, 0.15) is 5.56 Å². The van der Waals surface area contributed by atoms with E-state index < -0.39 is 0 Å². The van der Waals surface area contributed by atoms with E-state index in [9.17, 15) is 0 Å². The maximum Gasteiger partial charge on any atom is 0.215 e. The molecule has 0 radical (unpaired) electrons. The Balaban J connectivity index is 1.97. The van der Waals surface area contributed by atoms with Gasteiger partial charge in [0.2, 0.25) is 9.57 Å². The van der Waals surface area contributed by atoms with Gasteiger partial charge in [0.1, 0.15) is 0 Å². The van der Waals surface area contributed by atoms with Crippen LogP contribution in [0, 0.1) is 4.77 Å². The fourth-order valence-corrected chi connectivity index (χ4v) is 4.41. The number of hydrogen-bond acceptors (Lipinski definition) is 3. The second-order valence-corrected chi connectivity index (χ2v) is 7.84. The molecule has 0 spiro atoms. The molecule has 0 unspecified atom stereocenters. The summed E-state index contributed by atoms with van der Waals surface area (Å²) in [5.74, 6) is 0.643. The molecule has 1 aromatic heterocycles. The number of amidine groups is 1. The zero-order valence-corrected chi connectivity index (χ0v) is 18.0. The third-order valence-corrected chi connectivity index (χ3v) is 5.99. The first-order chi connectivity index (χ1) is 14.2. The third kappa shape index (κ3) is 4.15. The first-order valence-corrected chi connectivity index (χ1v) is 10.5. The maximum atomic E-state index is 6.09. The van der Waals surface area contributed by atoms with Gasteiger partial charge in [0.25, 0.3) is 0 Å². The van der Waals surface area contributed by atoms with Crippen molar-refractivity contribution >= 4 is 41.2 Å². The molecule has 0 atom stereocenters. The molecule has 1 heterocycles. The Morgan fingerprint density at radius 3 is 2.10 bits per heavy atom. The molecule has 144 valence electrons. The number of aromatic nitrogens is 2. The molecule has 0 amide bonds. The van der Waals surface area contributed by atoms with Crippen molar-refractivity contribution in [2.45, 2.75) is 0 Å². The van der Waals surface area contributed by atoms with Crippen LogP contribution in [0.25, 0.3) is 11.4 Å². The number of rotatable bonds is 3. The van der Waals surface area contributed by atoms with Crippen LogP contribution in [-0.2, 0) is 0 Å². The molecule has 0 aliphatic rings. The summed E-state index contributed by atoms with van der Waals surface area (Å²) in [6.07, 6.45) is 0. The van der Waals surface area contributed by atoms with E-state index >= 15 is 0 Å². The Morgan fingerprint density at radius 1 is 0.862 bits per heavy atom. The van der Waals surface area contributed by atoms with E-state index in [4.69, 9.17) is 28.8 Å². The number of aliphatic imine (C=N–C) groups is 1. The molecule has 4 aromatic rings. The lowest BCUT2D eigenvalue weighted by atomic mass is 10.2. The molecule has 0 bridgehead atoms. The Morgan fingerprint density at radius 2 is 1.48 bits per heavy atom. The van der Waals surface area contributed by atoms with Crippen LogP contribution in [0.15, 0.2) is 94.9 Å². The molecule has 4 nitrogen and oxygen atoms in total. The van der Waals surface area contributed by atoms with Crippen molar-refractivity contribution < 1.29 is 0 Å². The lowest BCUT2D eigenvalue weighted by Crippen LogP contribution is -2.16. The van der Waals surface area contributed by atoms with Gasteiger partial charge >= 0.3 is 0 Å². The smallest absolute Gasteiger partial charge is 0.215 e. The Labute approximate surface area is 182 Å². The number of nitrogens with zero attached hydrogens (tertiary/aromatic N) is 4. The molecule has 0 saturated carbocycles. The molecule has 29 heavy (non-hydrogen) atoms. The van der Waals surface area contributed by atoms with Crippen LogP contribution in [0.2, 0.25) is 5.02 Å². The molecule has 0 aliphatic carbocycles. The van der Waals surface area contributed by atoms with Crippen LogP contribution in [-0.4, -0.2) is 21.4 Å². The third-order valence-electron chi connectivity index (χ3n) is 4.25. The van der Waals surface area contributed by atoms with E-state index in [2.05, 4.69) is 4.99 Å². The van der Waals surface area contributed by atoms with Gasteiger partial charge in [-0.05, 0) is 60.1 Å². The van der Waals surface area contributed by atoms with Crippen LogP contribution < -0.4 is 4.80 Å². The minimum absolute atomic E-state index is 0.630. The standard InChI is InChI=1S/C22H17ClN4S2/c1-24-20(16-8-4-2-5-9-16)25-21-26(18-14-12-17(23)13-15-18)22(28)27(29-21)19-10-6-3-7-11-19/h2-15H,1H3. The van der Waals surface area contributed by atoms with E-state index in [0.717, 1.165) is 21.7 Å². The van der Waals surface area contributed by atoms with Gasteiger partial charge in [-0.2, -0.15) is 4.99 Å². The average molecular weight is 437 g/mol. The van der Waals surface area contributed by atoms with Gasteiger partial charge in [-0.3, -0.25) is 9.56 Å². The summed E-state index contributed by atoms with van der Waals surface area (Å²) >= 11 is 13.4. The highest BCUT2D eigenvalue weighted by molar-refractivity contribution is 7.71. The molecule has 4 rings (SSSR count). The first-order valence-electron chi connectivity index (χ1n) is 8.91. The second-order valence-electron chi connectivity index (χ2n) is 6.12. The fraction of sp³-hybridized carbons (Fsp3) is 0.0455. The van der Waals surface area contributed by atoms with E-state index in [1.165, 1.54) is 11.5 Å². The second kappa shape index (κ2) is 8.69. The summed E-state index contributed by atoms with van der Waals surface area (Å²) in [7, 11) is 1.74. The molecule has 0 saturated heterocycles. The average Bonchev–Trinajstić information content (AvgIpc) is 3.09. The largest absolute Gasteiger partial charge is 0.270 e. The number of hydrogen-bond donors (Lipinski definition) is 0. The summed E-state index contributed by atoms with van der Waals surface area (Å²) in [6, 6.07) is 27.5. The Hall–Kier alpha value is -2.80. The summed E-state index contributed by atoms with van der Waals surface area (Å²) < 4.78 is 4.56. The summed E-state index contributed by atoms with van der Waals surface area (Å²) in [5.41, 5.74) is 2.83. The van der Waals surface area contributed by atoms with Crippen molar-refractivity contribution in [3.63, 3.8) is 0 Å². The van der Waals surface area contributed by atoms with E-state index in [0.29, 0.717) is 15.6 Å². The van der Waals surface area contributed by atoms with Gasteiger partial charge < -0.3 is 0 Å². The molecule has 0 N–H and O–H groups in total. The highest BCUT2D eigenvalue weighted by Crippen LogP contribution is 2.17. The fourth-order valence-electron chi connectivity index (χ4n) is 2.86. The van der Waals surface area contributed by atoms with Crippen molar-refractivity contribution in [1.29, 1.82) is 0 Å². The normalized spacial score (nSPS) is 12.3. The monoisotopic (exact) mass is 436 g/mol. The lowest BCUT2D eigenvalue weighted by molar-refractivity contribution is 0.933. The number of para-hydroxylation sites is 1. The lowest BCUT2D eigenvalue weighted by Gasteiger charge is -2.04. The highest BCUT2D eigenvalue weighted by atomic mass is 35.5. The van der Waals surface area contributed by atoms with Gasteiger partial charge in [0, 0.05) is 17.6 Å². The van der Waals surface area contributed by atoms with E-state index in [-0.39, 0.29) is 0 Å². The highest BCUT2D eigenvalue weighted by Gasteiger charge is 2.11. The zero-order chi connectivity index (χ0) is 20.2. The minimum Gasteiger partial charge on any atom is -0.270 e. The van der Waals surface area contributed by atoms with Crippen LogP contribution in [0.5, 0.6) is 0 Å². The van der Waals surface area contributed by atoms with E-state index in [1.54, 1.807) is 7.05 Å². The maximum absolute atomic E-state index is 6.09. The summed E-state index contributed by atoms with van der Waals surface area (Å²) in [6.45, 7) is 0. The molecular weight excluding hydrogens is 420 g/mol. The van der Waals surface area contributed by atoms with Gasteiger partial charge in [-0.15, -0.1) is 0 Å². The van der Waals surface area contributed by atoms with Gasteiger partial charge in [0.05, 0.1) is 11.4 Å². The predicted molar refractivity (Wildman–Crippen MR) is 123 cm³/mol. The predicted octanol–water partition coefficient (Wildman–Crippen LogP) is 5.69. The molecule has 7 heteroatoms. The molecular formula is C22H17ClN4S2. The van der Waals surface area contributed by atoms with Crippen LogP contribution >= 0.6 is 35.4 Å². The van der Waals surface area contributed by atoms with E-state index in [1.807, 2.05) is 93.5 Å². The van der Waals surface area contributed by atoms with Crippen molar-refractivity contribution in [3.05, 3.63) is 105 Å². The molecule has 0 fully saturated rings. The Kier molecular flexibility index (Phi) is 5.85. The summed E-state index contributed by atoms with van der Waals surface area (Å²) in [5, 5.41) is 0.671. The van der Waals surface area contributed by atoms with Crippen molar-refractivity contribution in [2.24, 2.45) is 9.98 Å².